The number of hydrogen-bond acceptors (Lipinski definition) is 3. The van der Waals surface area contributed by atoms with E-state index in [0.717, 1.165) is 18.5 Å². The van der Waals surface area contributed by atoms with Gasteiger partial charge in [0.05, 0.1) is 12.3 Å². The highest BCUT2D eigenvalue weighted by atomic mass is 35.5. The second-order valence-electron chi connectivity index (χ2n) is 4.51. The Morgan fingerprint density at radius 1 is 1.42 bits per heavy atom. The van der Waals surface area contributed by atoms with Crippen molar-refractivity contribution in [3.8, 4) is 0 Å². The molecule has 4 nitrogen and oxygen atoms in total. The van der Waals surface area contributed by atoms with Gasteiger partial charge in [-0.2, -0.15) is 5.10 Å². The molecule has 0 saturated carbocycles. The summed E-state index contributed by atoms with van der Waals surface area (Å²) in [5.41, 5.74) is 1.94. The number of aromatic nitrogens is 2. The van der Waals surface area contributed by atoms with Crippen LogP contribution in [0.3, 0.4) is 0 Å². The molecule has 2 rings (SSSR count). The van der Waals surface area contributed by atoms with Gasteiger partial charge in [0.15, 0.2) is 0 Å². The van der Waals surface area contributed by atoms with Gasteiger partial charge >= 0.3 is 0 Å². The molecule has 0 fully saturated rings. The molecule has 5 heteroatoms. The van der Waals surface area contributed by atoms with Crippen LogP contribution in [0.2, 0.25) is 5.02 Å². The molecular weight excluding hydrogens is 262 g/mol. The average Bonchev–Trinajstić information content (AvgIpc) is 2.81. The van der Waals surface area contributed by atoms with Crippen LogP contribution in [0, 0.1) is 0 Å². The van der Waals surface area contributed by atoms with Crippen LogP contribution >= 0.6 is 11.6 Å². The van der Waals surface area contributed by atoms with Crippen LogP contribution in [0.25, 0.3) is 0 Å². The van der Waals surface area contributed by atoms with Crippen molar-refractivity contribution in [2.45, 2.75) is 12.5 Å². The third-order valence-corrected chi connectivity index (χ3v) is 3.29. The van der Waals surface area contributed by atoms with Gasteiger partial charge < -0.3 is 10.4 Å². The second-order valence-corrected chi connectivity index (χ2v) is 4.92. The molecule has 0 bridgehead atoms. The van der Waals surface area contributed by atoms with E-state index in [4.69, 9.17) is 11.6 Å². The Morgan fingerprint density at radius 3 is 2.89 bits per heavy atom. The molecule has 1 heterocycles. The van der Waals surface area contributed by atoms with E-state index in [1.807, 2.05) is 37.6 Å². The summed E-state index contributed by atoms with van der Waals surface area (Å²) in [4.78, 5) is 0. The number of hydrogen-bond donors (Lipinski definition) is 2. The van der Waals surface area contributed by atoms with Crippen LogP contribution in [0.1, 0.15) is 17.2 Å². The standard InChI is InChI=1S/C14H18ClN3O/c1-18-10-11(8-17-18)6-7-16-9-14(19)12-4-2-3-5-13(12)15/h2-5,8,10,14,16,19H,6-7,9H2,1H3. The summed E-state index contributed by atoms with van der Waals surface area (Å²) in [6.45, 7) is 1.29. The largest absolute Gasteiger partial charge is 0.387 e. The summed E-state index contributed by atoms with van der Waals surface area (Å²) in [6.07, 6.45) is 4.16. The van der Waals surface area contributed by atoms with E-state index < -0.39 is 6.10 Å². The van der Waals surface area contributed by atoms with Crippen molar-refractivity contribution in [3.05, 3.63) is 52.8 Å². The monoisotopic (exact) mass is 279 g/mol. The quantitative estimate of drug-likeness (QED) is 0.795. The Bertz CT molecular complexity index is 527. The van der Waals surface area contributed by atoms with Crippen molar-refractivity contribution >= 4 is 11.6 Å². The Balaban J connectivity index is 1.75. The molecular formula is C14H18ClN3O. The van der Waals surface area contributed by atoms with Gasteiger partial charge in [-0.05, 0) is 24.6 Å². The van der Waals surface area contributed by atoms with Crippen LogP contribution in [0.15, 0.2) is 36.7 Å². The second kappa shape index (κ2) is 6.70. The van der Waals surface area contributed by atoms with E-state index in [1.54, 1.807) is 10.7 Å². The van der Waals surface area contributed by atoms with Crippen molar-refractivity contribution in [1.82, 2.24) is 15.1 Å². The highest BCUT2D eigenvalue weighted by molar-refractivity contribution is 6.31. The van der Waals surface area contributed by atoms with Gasteiger partial charge in [0.1, 0.15) is 0 Å². The lowest BCUT2D eigenvalue weighted by Crippen LogP contribution is -2.23. The molecule has 1 aromatic carbocycles. The minimum Gasteiger partial charge on any atom is -0.387 e. The Labute approximate surface area is 118 Å². The van der Waals surface area contributed by atoms with Gasteiger partial charge in [-0.15, -0.1) is 0 Å². The van der Waals surface area contributed by atoms with Crippen molar-refractivity contribution in [3.63, 3.8) is 0 Å². The zero-order valence-electron chi connectivity index (χ0n) is 10.9. The molecule has 19 heavy (non-hydrogen) atoms. The van der Waals surface area contributed by atoms with Gasteiger partial charge in [-0.25, -0.2) is 0 Å². The lowest BCUT2D eigenvalue weighted by molar-refractivity contribution is 0.175. The predicted molar refractivity (Wildman–Crippen MR) is 76.2 cm³/mol. The van der Waals surface area contributed by atoms with E-state index in [0.29, 0.717) is 11.6 Å². The molecule has 0 aliphatic heterocycles. The molecule has 2 N–H and O–H groups in total. The highest BCUT2D eigenvalue weighted by Crippen LogP contribution is 2.21. The SMILES string of the molecule is Cn1cc(CCNCC(O)c2ccccc2Cl)cn1. The van der Waals surface area contributed by atoms with Crippen LogP contribution in [-0.2, 0) is 13.5 Å². The zero-order valence-corrected chi connectivity index (χ0v) is 11.6. The summed E-state index contributed by atoms with van der Waals surface area (Å²) >= 11 is 6.03. The zero-order chi connectivity index (χ0) is 13.7. The first-order valence-corrected chi connectivity index (χ1v) is 6.65. The number of nitrogens with one attached hydrogen (secondary N) is 1. The van der Waals surface area contributed by atoms with E-state index in [2.05, 4.69) is 10.4 Å². The molecule has 0 saturated heterocycles. The third kappa shape index (κ3) is 4.06. The van der Waals surface area contributed by atoms with E-state index in [1.165, 1.54) is 5.56 Å². The Kier molecular flexibility index (Phi) is 4.96. The number of aryl methyl sites for hydroxylation is 1. The topological polar surface area (TPSA) is 50.1 Å². The van der Waals surface area contributed by atoms with Gasteiger partial charge in [-0.3, -0.25) is 4.68 Å². The number of benzene rings is 1. The summed E-state index contributed by atoms with van der Waals surface area (Å²) in [6, 6.07) is 7.36. The fourth-order valence-electron chi connectivity index (χ4n) is 1.93. The number of aliphatic hydroxyl groups is 1. The summed E-state index contributed by atoms with van der Waals surface area (Å²) in [5.74, 6) is 0. The molecule has 0 aliphatic rings. The first kappa shape index (κ1) is 14.1. The first-order valence-electron chi connectivity index (χ1n) is 6.27. The van der Waals surface area contributed by atoms with Gasteiger partial charge in [0.25, 0.3) is 0 Å². The number of aliphatic hydroxyl groups excluding tert-OH is 1. The normalized spacial score (nSPS) is 12.6. The average molecular weight is 280 g/mol. The maximum Gasteiger partial charge on any atom is 0.0928 e. The molecule has 1 atom stereocenters. The maximum atomic E-state index is 10.0. The third-order valence-electron chi connectivity index (χ3n) is 2.95. The molecule has 102 valence electrons. The lowest BCUT2D eigenvalue weighted by atomic mass is 10.1. The number of rotatable bonds is 6. The van der Waals surface area contributed by atoms with E-state index in [9.17, 15) is 5.11 Å². The van der Waals surface area contributed by atoms with Gasteiger partial charge in [-0.1, -0.05) is 29.8 Å². The van der Waals surface area contributed by atoms with Crippen LogP contribution < -0.4 is 5.32 Å². The molecule has 1 unspecified atom stereocenters. The molecule has 2 aromatic rings. The van der Waals surface area contributed by atoms with E-state index in [-0.39, 0.29) is 0 Å². The Morgan fingerprint density at radius 2 is 2.21 bits per heavy atom. The molecule has 0 radical (unpaired) electrons. The lowest BCUT2D eigenvalue weighted by Gasteiger charge is -2.13. The van der Waals surface area contributed by atoms with Crippen molar-refractivity contribution in [1.29, 1.82) is 0 Å². The molecule has 1 aromatic heterocycles. The number of halogens is 1. The van der Waals surface area contributed by atoms with Gasteiger partial charge in [0.2, 0.25) is 0 Å². The molecule has 0 aliphatic carbocycles. The smallest absolute Gasteiger partial charge is 0.0928 e. The van der Waals surface area contributed by atoms with Crippen molar-refractivity contribution in [2.24, 2.45) is 7.05 Å². The Hall–Kier alpha value is -1.36. The van der Waals surface area contributed by atoms with Gasteiger partial charge in [0, 0.05) is 30.4 Å². The van der Waals surface area contributed by atoms with Crippen molar-refractivity contribution in [2.75, 3.05) is 13.1 Å². The minimum absolute atomic E-state index is 0.490. The summed E-state index contributed by atoms with van der Waals surface area (Å²) in [5, 5.41) is 18.0. The van der Waals surface area contributed by atoms with Crippen LogP contribution in [0.4, 0.5) is 0 Å². The fraction of sp³-hybridized carbons (Fsp3) is 0.357. The van der Waals surface area contributed by atoms with Crippen LogP contribution in [0.5, 0.6) is 0 Å². The van der Waals surface area contributed by atoms with Crippen molar-refractivity contribution < 1.29 is 5.11 Å². The first-order chi connectivity index (χ1) is 9.16. The summed E-state index contributed by atoms with van der Waals surface area (Å²) in [7, 11) is 1.90. The fourth-order valence-corrected chi connectivity index (χ4v) is 2.19. The highest BCUT2D eigenvalue weighted by Gasteiger charge is 2.10. The minimum atomic E-state index is -0.581. The molecule has 0 amide bonds. The summed E-state index contributed by atoms with van der Waals surface area (Å²) < 4.78 is 1.79. The molecule has 0 spiro atoms. The maximum absolute atomic E-state index is 10.0. The van der Waals surface area contributed by atoms with E-state index >= 15 is 0 Å². The predicted octanol–water partition coefficient (Wildman–Crippen LogP) is 1.94. The van der Waals surface area contributed by atoms with Crippen LogP contribution in [-0.4, -0.2) is 28.0 Å². The number of nitrogens with zero attached hydrogens (tertiary/aromatic N) is 2.